The van der Waals surface area contributed by atoms with Crippen molar-refractivity contribution in [2.24, 2.45) is 0 Å². The Morgan fingerprint density at radius 3 is 2.65 bits per heavy atom. The maximum Gasteiger partial charge on any atom is 0.417 e. The van der Waals surface area contributed by atoms with Crippen LogP contribution in [0.2, 0.25) is 0 Å². The molecule has 7 nitrogen and oxygen atoms in total. The lowest BCUT2D eigenvalue weighted by atomic mass is 10.1. The van der Waals surface area contributed by atoms with Crippen molar-refractivity contribution in [2.75, 3.05) is 5.32 Å². The zero-order valence-corrected chi connectivity index (χ0v) is 13.9. The molecule has 0 fully saturated rings. The number of oxazole rings is 1. The molecule has 0 spiro atoms. The van der Waals surface area contributed by atoms with E-state index in [1.54, 1.807) is 37.3 Å². The summed E-state index contributed by atoms with van der Waals surface area (Å²) in [5.41, 5.74) is 3.14. The topological polar surface area (TPSA) is 95.4 Å². The first-order chi connectivity index (χ1) is 12.5. The molecular formula is C19H15N3O4. The summed E-state index contributed by atoms with van der Waals surface area (Å²) in [6, 6.07) is 11.2. The second-order valence-corrected chi connectivity index (χ2v) is 6.06. The van der Waals surface area contributed by atoms with Gasteiger partial charge in [0, 0.05) is 22.5 Å². The first-order valence-corrected chi connectivity index (χ1v) is 8.01. The zero-order chi connectivity index (χ0) is 18.4. The number of fused-ring (bicyclic) bond motifs is 2. The number of carbonyl (C=O) groups excluding carboxylic acids is 2. The third-order valence-electron chi connectivity index (χ3n) is 4.43. The smallest absolute Gasteiger partial charge is 0.408 e. The minimum Gasteiger partial charge on any atom is -0.408 e. The number of nitrogens with zero attached hydrogens (tertiary/aromatic N) is 1. The summed E-state index contributed by atoms with van der Waals surface area (Å²) in [6.45, 7) is 5.60. The Labute approximate surface area is 147 Å². The van der Waals surface area contributed by atoms with Gasteiger partial charge >= 0.3 is 5.76 Å². The molecular weight excluding hydrogens is 334 g/mol. The number of aromatic nitrogens is 1. The number of benzene rings is 2. The predicted molar refractivity (Wildman–Crippen MR) is 96.6 cm³/mol. The van der Waals surface area contributed by atoms with Gasteiger partial charge in [-0.15, -0.1) is 0 Å². The van der Waals surface area contributed by atoms with Crippen LogP contribution in [0.4, 0.5) is 5.69 Å². The largest absolute Gasteiger partial charge is 0.417 e. The van der Waals surface area contributed by atoms with Crippen molar-refractivity contribution in [1.29, 1.82) is 0 Å². The number of rotatable bonds is 3. The molecule has 3 aromatic rings. The summed E-state index contributed by atoms with van der Waals surface area (Å²) < 4.78 is 4.93. The van der Waals surface area contributed by atoms with Gasteiger partial charge in [0.15, 0.2) is 5.58 Å². The Kier molecular flexibility index (Phi) is 3.50. The van der Waals surface area contributed by atoms with Gasteiger partial charge in [0.25, 0.3) is 5.91 Å². The fourth-order valence-corrected chi connectivity index (χ4v) is 3.11. The van der Waals surface area contributed by atoms with Crippen LogP contribution in [0.15, 0.2) is 58.3 Å². The number of anilines is 1. The maximum atomic E-state index is 12.6. The first kappa shape index (κ1) is 15.9. The second-order valence-electron chi connectivity index (χ2n) is 6.06. The molecule has 130 valence electrons. The number of hydrogen-bond donors (Lipinski definition) is 2. The van der Waals surface area contributed by atoms with Crippen LogP contribution < -0.4 is 11.1 Å². The van der Waals surface area contributed by atoms with Gasteiger partial charge < -0.3 is 9.73 Å². The number of aromatic amines is 1. The van der Waals surface area contributed by atoms with E-state index in [2.05, 4.69) is 16.9 Å². The van der Waals surface area contributed by atoms with Gasteiger partial charge in [-0.1, -0.05) is 24.8 Å². The standard InChI is InChI=1S/C19H15N3O4/c1-10-13-5-3-4-6-14(13)18(24)22(10)11(2)17(23)20-12-7-8-16-15(9-12)21-19(25)26-16/h3-9,11H,1H2,2H3,(H,20,23)(H,21,25)/t11-/m0/s1. The van der Waals surface area contributed by atoms with Crippen molar-refractivity contribution in [2.45, 2.75) is 13.0 Å². The average molecular weight is 349 g/mol. The molecule has 1 aliphatic rings. The zero-order valence-electron chi connectivity index (χ0n) is 13.9. The van der Waals surface area contributed by atoms with Crippen molar-refractivity contribution >= 4 is 34.3 Å². The van der Waals surface area contributed by atoms with Crippen LogP contribution in [-0.2, 0) is 4.79 Å². The summed E-state index contributed by atoms with van der Waals surface area (Å²) >= 11 is 0. The van der Waals surface area contributed by atoms with Crippen LogP contribution >= 0.6 is 0 Å². The normalized spacial score (nSPS) is 14.6. The molecule has 0 radical (unpaired) electrons. The van der Waals surface area contributed by atoms with Gasteiger partial charge in [-0.3, -0.25) is 19.5 Å². The Morgan fingerprint density at radius 1 is 1.19 bits per heavy atom. The molecule has 4 rings (SSSR count). The van der Waals surface area contributed by atoms with E-state index in [9.17, 15) is 14.4 Å². The maximum absolute atomic E-state index is 12.6. The summed E-state index contributed by atoms with van der Waals surface area (Å²) in [4.78, 5) is 40.4. The summed E-state index contributed by atoms with van der Waals surface area (Å²) in [5, 5.41) is 2.75. The fourth-order valence-electron chi connectivity index (χ4n) is 3.11. The van der Waals surface area contributed by atoms with Crippen LogP contribution in [0.3, 0.4) is 0 Å². The molecule has 2 N–H and O–H groups in total. The van der Waals surface area contributed by atoms with E-state index in [0.717, 1.165) is 5.56 Å². The number of hydrogen-bond acceptors (Lipinski definition) is 4. The minimum absolute atomic E-state index is 0.247. The second kappa shape index (κ2) is 5.73. The van der Waals surface area contributed by atoms with E-state index < -0.39 is 11.8 Å². The molecule has 0 bridgehead atoms. The molecule has 2 heterocycles. The van der Waals surface area contributed by atoms with Crippen LogP contribution in [-0.4, -0.2) is 27.7 Å². The lowest BCUT2D eigenvalue weighted by molar-refractivity contribution is -0.119. The van der Waals surface area contributed by atoms with Crippen molar-refractivity contribution in [1.82, 2.24) is 9.88 Å². The van der Waals surface area contributed by atoms with Gasteiger partial charge in [0.05, 0.1) is 5.52 Å². The highest BCUT2D eigenvalue weighted by atomic mass is 16.4. The van der Waals surface area contributed by atoms with E-state index in [4.69, 9.17) is 4.42 Å². The van der Waals surface area contributed by atoms with E-state index in [-0.39, 0.29) is 11.8 Å². The molecule has 2 amide bonds. The Hall–Kier alpha value is -3.61. The van der Waals surface area contributed by atoms with Crippen molar-refractivity contribution < 1.29 is 14.0 Å². The lowest BCUT2D eigenvalue weighted by Gasteiger charge is -2.24. The number of nitrogens with one attached hydrogen (secondary N) is 2. The van der Waals surface area contributed by atoms with E-state index in [0.29, 0.717) is 28.0 Å². The molecule has 1 atom stereocenters. The highest BCUT2D eigenvalue weighted by Gasteiger charge is 2.36. The summed E-state index contributed by atoms with van der Waals surface area (Å²) in [5.74, 6) is -1.17. The molecule has 7 heteroatoms. The molecule has 26 heavy (non-hydrogen) atoms. The third kappa shape index (κ3) is 2.41. The van der Waals surface area contributed by atoms with Crippen molar-refractivity contribution in [3.05, 3.63) is 70.7 Å². The summed E-state index contributed by atoms with van der Waals surface area (Å²) in [7, 11) is 0. The Bertz CT molecular complexity index is 1090. The van der Waals surface area contributed by atoms with E-state index in [1.165, 1.54) is 4.90 Å². The van der Waals surface area contributed by atoms with Gasteiger partial charge in [-0.25, -0.2) is 4.79 Å². The van der Waals surface area contributed by atoms with Crippen LogP contribution in [0.25, 0.3) is 16.8 Å². The van der Waals surface area contributed by atoms with Gasteiger partial charge in [-0.05, 0) is 31.2 Å². The monoisotopic (exact) mass is 349 g/mol. The fraction of sp³-hybridized carbons (Fsp3) is 0.105. The minimum atomic E-state index is -0.749. The van der Waals surface area contributed by atoms with E-state index in [1.807, 2.05) is 12.1 Å². The summed E-state index contributed by atoms with van der Waals surface area (Å²) in [6.07, 6.45) is 0. The Balaban J connectivity index is 1.57. The third-order valence-corrected chi connectivity index (χ3v) is 4.43. The molecule has 2 aromatic carbocycles. The molecule has 0 aliphatic carbocycles. The quantitative estimate of drug-likeness (QED) is 0.760. The molecule has 0 saturated carbocycles. The Morgan fingerprint density at radius 2 is 1.92 bits per heavy atom. The average Bonchev–Trinajstić information content (AvgIpc) is 3.11. The van der Waals surface area contributed by atoms with Crippen LogP contribution in [0.1, 0.15) is 22.8 Å². The van der Waals surface area contributed by atoms with Gasteiger partial charge in [-0.2, -0.15) is 0 Å². The number of amides is 2. The first-order valence-electron chi connectivity index (χ1n) is 8.01. The van der Waals surface area contributed by atoms with Crippen molar-refractivity contribution in [3.63, 3.8) is 0 Å². The van der Waals surface area contributed by atoms with E-state index >= 15 is 0 Å². The van der Waals surface area contributed by atoms with Gasteiger partial charge in [0.2, 0.25) is 5.91 Å². The predicted octanol–water partition coefficient (Wildman–Crippen LogP) is 2.57. The van der Waals surface area contributed by atoms with Crippen molar-refractivity contribution in [3.8, 4) is 0 Å². The molecule has 0 unspecified atom stereocenters. The lowest BCUT2D eigenvalue weighted by Crippen LogP contribution is -2.41. The van der Waals surface area contributed by atoms with Crippen LogP contribution in [0, 0.1) is 0 Å². The molecule has 1 aromatic heterocycles. The van der Waals surface area contributed by atoms with Gasteiger partial charge in [0.1, 0.15) is 6.04 Å². The SMILES string of the molecule is C=C1c2ccccc2C(=O)N1[C@@H](C)C(=O)Nc1ccc2oc(=O)[nH]c2c1. The highest BCUT2D eigenvalue weighted by Crippen LogP contribution is 2.33. The molecule has 0 saturated heterocycles. The number of carbonyl (C=O) groups is 2. The van der Waals surface area contributed by atoms with Crippen LogP contribution in [0.5, 0.6) is 0 Å². The number of H-pyrrole nitrogens is 1. The highest BCUT2D eigenvalue weighted by molar-refractivity contribution is 6.12. The molecule has 1 aliphatic heterocycles.